The van der Waals surface area contributed by atoms with E-state index in [4.69, 9.17) is 9.47 Å². The van der Waals surface area contributed by atoms with Gasteiger partial charge in [-0.1, -0.05) is 148 Å². The van der Waals surface area contributed by atoms with Gasteiger partial charge in [0.05, 0.1) is 6.61 Å². The van der Waals surface area contributed by atoms with Crippen LogP contribution in [0.5, 0.6) is 5.75 Å². The summed E-state index contributed by atoms with van der Waals surface area (Å²) in [4.78, 5) is 24.3. The Morgan fingerprint density at radius 2 is 0.808 bits per heavy atom. The summed E-state index contributed by atoms with van der Waals surface area (Å²) >= 11 is 0. The van der Waals surface area contributed by atoms with Gasteiger partial charge in [0, 0.05) is 19.3 Å². The van der Waals surface area contributed by atoms with Crippen molar-refractivity contribution in [3.63, 3.8) is 0 Å². The number of carbonyl (C=O) groups excluding carboxylic acids is 2. The second kappa shape index (κ2) is 36.4. The highest BCUT2D eigenvalue weighted by molar-refractivity contribution is 5.72. The third-order valence-electron chi connectivity index (χ3n) is 7.63. The molecule has 0 radical (unpaired) electrons. The van der Waals surface area contributed by atoms with E-state index in [1.165, 1.54) is 0 Å². The molecule has 0 saturated heterocycles. The molecule has 4 nitrogen and oxygen atoms in total. The van der Waals surface area contributed by atoms with Crippen LogP contribution in [0.4, 0.5) is 0 Å². The van der Waals surface area contributed by atoms with Gasteiger partial charge in [-0.25, -0.2) is 0 Å². The minimum absolute atomic E-state index is 0.164. The van der Waals surface area contributed by atoms with Crippen molar-refractivity contribution in [1.29, 1.82) is 0 Å². The van der Waals surface area contributed by atoms with Gasteiger partial charge < -0.3 is 9.47 Å². The van der Waals surface area contributed by atoms with Gasteiger partial charge in [0.15, 0.2) is 0 Å². The molecule has 1 aromatic rings. The van der Waals surface area contributed by atoms with Gasteiger partial charge in [-0.05, 0) is 108 Å². The molecule has 282 valence electrons. The van der Waals surface area contributed by atoms with Gasteiger partial charge in [-0.3, -0.25) is 9.59 Å². The summed E-state index contributed by atoms with van der Waals surface area (Å²) in [5.74, 6) is 0.150. The molecule has 0 unspecified atom stereocenters. The van der Waals surface area contributed by atoms with E-state index in [1.54, 1.807) is 12.1 Å². The molecule has 0 aliphatic carbocycles. The van der Waals surface area contributed by atoms with Crippen LogP contribution in [-0.2, 0) is 20.7 Å². The van der Waals surface area contributed by atoms with Crippen LogP contribution in [0.1, 0.15) is 122 Å². The third kappa shape index (κ3) is 31.5. The summed E-state index contributed by atoms with van der Waals surface area (Å²) in [7, 11) is 0. The van der Waals surface area contributed by atoms with Crippen molar-refractivity contribution in [3.8, 4) is 5.75 Å². The zero-order valence-electron chi connectivity index (χ0n) is 32.2. The Morgan fingerprint density at radius 3 is 1.19 bits per heavy atom. The van der Waals surface area contributed by atoms with Gasteiger partial charge in [0.2, 0.25) is 0 Å². The monoisotopic (exact) mass is 706 g/mol. The average molecular weight is 707 g/mol. The first-order valence-corrected chi connectivity index (χ1v) is 19.6. The molecule has 0 saturated carbocycles. The van der Waals surface area contributed by atoms with E-state index in [0.29, 0.717) is 31.6 Å². The van der Waals surface area contributed by atoms with Crippen LogP contribution < -0.4 is 4.74 Å². The number of rotatable bonds is 30. The number of unbranched alkanes of at least 4 members (excludes halogenated alkanes) is 2. The summed E-state index contributed by atoms with van der Waals surface area (Å²) < 4.78 is 10.9. The van der Waals surface area contributed by atoms with E-state index in [1.807, 2.05) is 12.1 Å². The Bertz CT molecular complexity index is 1330. The van der Waals surface area contributed by atoms with Crippen molar-refractivity contribution in [3.05, 3.63) is 151 Å². The highest BCUT2D eigenvalue weighted by Gasteiger charge is 2.06. The van der Waals surface area contributed by atoms with Crippen molar-refractivity contribution in [2.24, 2.45) is 0 Å². The van der Waals surface area contributed by atoms with Crippen molar-refractivity contribution in [1.82, 2.24) is 0 Å². The lowest BCUT2D eigenvalue weighted by Gasteiger charge is -2.07. The lowest BCUT2D eigenvalue weighted by Crippen LogP contribution is -2.08. The Hall–Kier alpha value is -4.44. The molecule has 1 aromatic carbocycles. The van der Waals surface area contributed by atoms with Gasteiger partial charge in [-0.2, -0.15) is 0 Å². The summed E-state index contributed by atoms with van der Waals surface area (Å²) in [5.41, 5.74) is 1.03. The van der Waals surface area contributed by atoms with Crippen molar-refractivity contribution >= 4 is 11.9 Å². The lowest BCUT2D eigenvalue weighted by molar-refractivity contribution is -0.143. The van der Waals surface area contributed by atoms with Gasteiger partial charge in [-0.15, -0.1) is 0 Å². The predicted octanol–water partition coefficient (Wildman–Crippen LogP) is 13.5. The fraction of sp³-hybridized carbons (Fsp3) is 0.417. The number of allylic oxidation sites excluding steroid dienone is 20. The van der Waals surface area contributed by atoms with E-state index in [-0.39, 0.29) is 11.9 Å². The molecule has 0 aliphatic rings. The van der Waals surface area contributed by atoms with E-state index in [2.05, 4.69) is 135 Å². The molecule has 0 heterocycles. The van der Waals surface area contributed by atoms with Crippen LogP contribution in [0, 0.1) is 0 Å². The number of hydrogen-bond donors (Lipinski definition) is 0. The Balaban J connectivity index is 2.05. The second-order valence-corrected chi connectivity index (χ2v) is 12.3. The molecular formula is C48H66O4. The molecule has 0 aromatic heterocycles. The van der Waals surface area contributed by atoms with Crippen molar-refractivity contribution in [2.45, 2.75) is 123 Å². The normalized spacial score (nSPS) is 12.8. The summed E-state index contributed by atoms with van der Waals surface area (Å²) in [6.45, 7) is 4.64. The van der Waals surface area contributed by atoms with Gasteiger partial charge >= 0.3 is 11.9 Å². The summed E-state index contributed by atoms with van der Waals surface area (Å²) in [6.07, 6.45) is 58.2. The topological polar surface area (TPSA) is 52.6 Å². The number of hydrogen-bond acceptors (Lipinski definition) is 4. The molecule has 52 heavy (non-hydrogen) atoms. The fourth-order valence-electron chi connectivity index (χ4n) is 4.73. The maximum atomic E-state index is 12.2. The molecule has 0 spiro atoms. The first kappa shape index (κ1) is 45.6. The SMILES string of the molecule is CCC=CCC=CCC=CCC=CCC=CCCCC(=O)OCCc1ccc(OC(=O)CCCC=CCC=CCC=CCC=CCC=CCC)cc1. The minimum atomic E-state index is -0.224. The first-order valence-electron chi connectivity index (χ1n) is 19.6. The highest BCUT2D eigenvalue weighted by atomic mass is 16.5. The van der Waals surface area contributed by atoms with Gasteiger partial charge in [0.25, 0.3) is 0 Å². The van der Waals surface area contributed by atoms with Crippen LogP contribution in [0.15, 0.2) is 146 Å². The van der Waals surface area contributed by atoms with E-state index < -0.39 is 0 Å². The zero-order chi connectivity index (χ0) is 37.4. The van der Waals surface area contributed by atoms with Crippen LogP contribution in [0.25, 0.3) is 0 Å². The molecule has 4 heteroatoms. The molecule has 0 fully saturated rings. The van der Waals surface area contributed by atoms with Crippen LogP contribution >= 0.6 is 0 Å². The van der Waals surface area contributed by atoms with Crippen molar-refractivity contribution in [2.75, 3.05) is 6.61 Å². The molecule has 0 N–H and O–H groups in total. The quantitative estimate of drug-likeness (QED) is 0.0346. The number of carbonyl (C=O) groups is 2. The average Bonchev–Trinajstić information content (AvgIpc) is 3.15. The van der Waals surface area contributed by atoms with Crippen LogP contribution in [0.3, 0.4) is 0 Å². The number of ether oxygens (including phenoxy) is 2. The van der Waals surface area contributed by atoms with Crippen molar-refractivity contribution < 1.29 is 19.1 Å². The lowest BCUT2D eigenvalue weighted by atomic mass is 10.1. The molecule has 0 atom stereocenters. The fourth-order valence-corrected chi connectivity index (χ4v) is 4.73. The predicted molar refractivity (Wildman–Crippen MR) is 223 cm³/mol. The zero-order valence-corrected chi connectivity index (χ0v) is 32.2. The van der Waals surface area contributed by atoms with Crippen LogP contribution in [-0.4, -0.2) is 18.5 Å². The standard InChI is InChI=1S/C48H66O4/c1-3-5-7-9-11-13-15-17-19-21-23-25-27-29-31-33-35-37-47(49)51-44-43-45-39-41-46(42-40-45)52-48(50)38-36-34-32-30-28-26-24-22-20-18-16-14-12-10-8-6-4-2/h5-8,11-14,17-20,23-26,29-32,39-42H,3-4,9-10,15-16,21-22,27-28,33-38,43-44H2,1-2H3. The molecular weight excluding hydrogens is 641 g/mol. The second-order valence-electron chi connectivity index (χ2n) is 12.3. The Labute approximate surface area is 316 Å². The highest BCUT2D eigenvalue weighted by Crippen LogP contribution is 2.14. The molecule has 0 bridgehead atoms. The van der Waals surface area contributed by atoms with E-state index >= 15 is 0 Å². The van der Waals surface area contributed by atoms with Crippen LogP contribution in [0.2, 0.25) is 0 Å². The Morgan fingerprint density at radius 1 is 0.462 bits per heavy atom. The number of esters is 2. The molecule has 0 aliphatic heterocycles. The maximum absolute atomic E-state index is 12.2. The minimum Gasteiger partial charge on any atom is -0.465 e. The summed E-state index contributed by atoms with van der Waals surface area (Å²) in [6, 6.07) is 7.41. The maximum Gasteiger partial charge on any atom is 0.311 e. The van der Waals surface area contributed by atoms with E-state index in [0.717, 1.165) is 95.5 Å². The third-order valence-corrected chi connectivity index (χ3v) is 7.63. The van der Waals surface area contributed by atoms with Gasteiger partial charge in [0.1, 0.15) is 5.75 Å². The summed E-state index contributed by atoms with van der Waals surface area (Å²) in [5, 5.41) is 0. The smallest absolute Gasteiger partial charge is 0.311 e. The number of benzene rings is 1. The Kier molecular flexibility index (Phi) is 31.9. The van der Waals surface area contributed by atoms with E-state index in [9.17, 15) is 9.59 Å². The first-order chi connectivity index (χ1) is 25.7. The largest absolute Gasteiger partial charge is 0.465 e. The molecule has 1 rings (SSSR count). The molecule has 0 amide bonds.